The highest BCUT2D eigenvalue weighted by atomic mass is 79.9. The largest absolute Gasteiger partial charge is 0.481 e. The quantitative estimate of drug-likeness (QED) is 0.381. The van der Waals surface area contributed by atoms with Crippen molar-refractivity contribution in [2.45, 2.75) is 57.8 Å². The van der Waals surface area contributed by atoms with Crippen LogP contribution >= 0.6 is 15.9 Å². The van der Waals surface area contributed by atoms with Crippen LogP contribution in [-0.2, 0) is 9.59 Å². The van der Waals surface area contributed by atoms with Gasteiger partial charge in [-0.05, 0) is 31.9 Å². The van der Waals surface area contributed by atoms with Crippen molar-refractivity contribution >= 4 is 27.9 Å². The highest BCUT2D eigenvalue weighted by Crippen LogP contribution is 2.59. The molecule has 2 rings (SSSR count). The Balaban J connectivity index is 3.03. The van der Waals surface area contributed by atoms with Crippen LogP contribution in [0.1, 0.15) is 50.4 Å². The summed E-state index contributed by atoms with van der Waals surface area (Å²) >= 11 is 3.14. The fourth-order valence-electron chi connectivity index (χ4n) is 4.93. The first-order valence-electron chi connectivity index (χ1n) is 9.40. The number of halogens is 5. The van der Waals surface area contributed by atoms with E-state index in [0.717, 1.165) is 19.9 Å². The van der Waals surface area contributed by atoms with Crippen LogP contribution in [-0.4, -0.2) is 46.0 Å². The Morgan fingerprint density at radius 1 is 1.23 bits per heavy atom. The molecule has 0 saturated carbocycles. The minimum Gasteiger partial charge on any atom is -0.481 e. The minimum atomic E-state index is -3.17. The van der Waals surface area contributed by atoms with Crippen LogP contribution in [0.2, 0.25) is 0 Å². The van der Waals surface area contributed by atoms with Crippen LogP contribution in [0, 0.1) is 16.6 Å². The molecule has 1 aliphatic rings. The molecule has 10 heteroatoms. The molecule has 0 radical (unpaired) electrons. The first kappa shape index (κ1) is 24.6. The monoisotopic (exact) mass is 497 g/mol. The third-order valence-corrected chi connectivity index (χ3v) is 7.06. The van der Waals surface area contributed by atoms with E-state index < -0.39 is 64.7 Å². The summed E-state index contributed by atoms with van der Waals surface area (Å²) in [6, 6.07) is 0.320. The van der Waals surface area contributed by atoms with Crippen molar-refractivity contribution in [3.8, 4) is 0 Å². The maximum Gasteiger partial charge on any atom is 0.311 e. The van der Waals surface area contributed by atoms with E-state index in [1.807, 2.05) is 0 Å². The Morgan fingerprint density at radius 2 is 1.83 bits per heavy atom. The Morgan fingerprint density at radius 3 is 2.23 bits per heavy atom. The van der Waals surface area contributed by atoms with Gasteiger partial charge in [-0.25, -0.2) is 17.6 Å². The van der Waals surface area contributed by atoms with Crippen LogP contribution in [0.3, 0.4) is 0 Å². The summed E-state index contributed by atoms with van der Waals surface area (Å²) in [5.74, 6) is -5.75. The zero-order valence-corrected chi connectivity index (χ0v) is 18.2. The van der Waals surface area contributed by atoms with Crippen LogP contribution < -0.4 is 5.32 Å². The number of piperidine rings is 1. The highest BCUT2D eigenvalue weighted by molar-refractivity contribution is 9.09. The fraction of sp³-hybridized carbons (Fsp3) is 0.600. The lowest BCUT2D eigenvalue weighted by Gasteiger charge is -2.57. The Kier molecular flexibility index (Phi) is 7.23. The number of hydrogen-bond acceptors (Lipinski definition) is 3. The predicted molar refractivity (Wildman–Crippen MR) is 105 cm³/mol. The second-order valence-electron chi connectivity index (χ2n) is 7.76. The maximum atomic E-state index is 14.6. The molecule has 1 aromatic carbocycles. The maximum absolute atomic E-state index is 14.6. The summed E-state index contributed by atoms with van der Waals surface area (Å²) in [4.78, 5) is 25.0. The van der Waals surface area contributed by atoms with E-state index >= 15 is 0 Å². The molecule has 1 aliphatic heterocycles. The van der Waals surface area contributed by atoms with Gasteiger partial charge in [0.1, 0.15) is 12.0 Å². The summed E-state index contributed by atoms with van der Waals surface area (Å²) in [5.41, 5.74) is -5.05. The number of carboxylic acid groups (broad SMARTS) is 2. The van der Waals surface area contributed by atoms with E-state index in [0.29, 0.717) is 0 Å². The van der Waals surface area contributed by atoms with Crippen molar-refractivity contribution in [1.82, 2.24) is 5.32 Å². The molecule has 1 heterocycles. The van der Waals surface area contributed by atoms with Gasteiger partial charge in [0.05, 0.1) is 16.9 Å². The van der Waals surface area contributed by atoms with E-state index in [1.165, 1.54) is 19.1 Å². The molecule has 0 aromatic heterocycles. The topological polar surface area (TPSA) is 86.6 Å². The summed E-state index contributed by atoms with van der Waals surface area (Å²) < 4.78 is 57.1. The minimum absolute atomic E-state index is 0.0849. The lowest BCUT2D eigenvalue weighted by atomic mass is 9.50. The first-order chi connectivity index (χ1) is 13.9. The summed E-state index contributed by atoms with van der Waals surface area (Å²) in [6.45, 7) is 3.53. The second-order valence-corrected chi connectivity index (χ2v) is 8.41. The second kappa shape index (κ2) is 8.82. The number of carboxylic acids is 2. The van der Waals surface area contributed by atoms with E-state index in [-0.39, 0.29) is 17.3 Å². The third-order valence-electron chi connectivity index (χ3n) is 6.41. The number of carbonyl (C=O) groups is 2. The molecule has 5 nitrogen and oxygen atoms in total. The average molecular weight is 498 g/mol. The lowest BCUT2D eigenvalue weighted by Crippen LogP contribution is -2.72. The van der Waals surface area contributed by atoms with Gasteiger partial charge in [0.2, 0.25) is 0 Å². The summed E-state index contributed by atoms with van der Waals surface area (Å²) in [5, 5.41) is 22.7. The van der Waals surface area contributed by atoms with Crippen molar-refractivity contribution in [2.75, 3.05) is 5.33 Å². The SMILES string of the molecule is CCC1(C(=O)O)C(CBr)NC(C(F)F)C(C)(C(=O)O)C1c1cccc(F)c1C(C)F. The summed E-state index contributed by atoms with van der Waals surface area (Å²) in [7, 11) is 0. The molecule has 1 aromatic rings. The van der Waals surface area contributed by atoms with Gasteiger partial charge in [0.15, 0.2) is 0 Å². The van der Waals surface area contributed by atoms with E-state index in [2.05, 4.69) is 21.2 Å². The van der Waals surface area contributed by atoms with Crippen LogP contribution in [0.5, 0.6) is 0 Å². The van der Waals surface area contributed by atoms with Crippen molar-refractivity contribution in [3.05, 3.63) is 35.1 Å². The van der Waals surface area contributed by atoms with Gasteiger partial charge in [-0.3, -0.25) is 9.59 Å². The third kappa shape index (κ3) is 3.51. The number of alkyl halides is 4. The van der Waals surface area contributed by atoms with Gasteiger partial charge in [-0.2, -0.15) is 0 Å². The van der Waals surface area contributed by atoms with Crippen LogP contribution in [0.4, 0.5) is 17.6 Å². The number of aliphatic carboxylic acids is 2. The first-order valence-corrected chi connectivity index (χ1v) is 10.5. The van der Waals surface area contributed by atoms with Gasteiger partial charge >= 0.3 is 11.9 Å². The van der Waals surface area contributed by atoms with Gasteiger partial charge < -0.3 is 15.5 Å². The fourth-order valence-corrected chi connectivity index (χ4v) is 5.69. The highest BCUT2D eigenvalue weighted by Gasteiger charge is 2.68. The van der Waals surface area contributed by atoms with Crippen molar-refractivity contribution in [3.63, 3.8) is 0 Å². The van der Waals surface area contributed by atoms with Crippen molar-refractivity contribution in [1.29, 1.82) is 0 Å². The van der Waals surface area contributed by atoms with Gasteiger partial charge in [0.25, 0.3) is 6.43 Å². The molecular weight excluding hydrogens is 474 g/mol. The number of nitrogens with one attached hydrogen (secondary N) is 1. The number of benzene rings is 1. The van der Waals surface area contributed by atoms with Crippen molar-refractivity contribution < 1.29 is 37.4 Å². The normalized spacial score (nSPS) is 32.8. The molecule has 0 bridgehead atoms. The molecule has 6 atom stereocenters. The molecule has 6 unspecified atom stereocenters. The Labute approximate surface area is 180 Å². The average Bonchev–Trinajstić information content (AvgIpc) is 2.65. The molecule has 0 aliphatic carbocycles. The number of rotatable bonds is 7. The predicted octanol–water partition coefficient (Wildman–Crippen LogP) is 4.51. The van der Waals surface area contributed by atoms with E-state index in [1.54, 1.807) is 0 Å². The van der Waals surface area contributed by atoms with Crippen LogP contribution in [0.15, 0.2) is 18.2 Å². The van der Waals surface area contributed by atoms with E-state index in [4.69, 9.17) is 0 Å². The summed E-state index contributed by atoms with van der Waals surface area (Å²) in [6.07, 6.45) is -5.24. The zero-order valence-electron chi connectivity index (χ0n) is 16.6. The molecular formula is C20H24BrF4NO4. The molecule has 168 valence electrons. The molecule has 0 spiro atoms. The van der Waals surface area contributed by atoms with E-state index in [9.17, 15) is 37.4 Å². The molecule has 1 saturated heterocycles. The van der Waals surface area contributed by atoms with Crippen molar-refractivity contribution in [2.24, 2.45) is 10.8 Å². The molecule has 1 fully saturated rings. The number of hydrogen-bond donors (Lipinski definition) is 3. The smallest absolute Gasteiger partial charge is 0.311 e. The molecule has 30 heavy (non-hydrogen) atoms. The molecule has 3 N–H and O–H groups in total. The lowest BCUT2D eigenvalue weighted by molar-refractivity contribution is -0.177. The van der Waals surface area contributed by atoms with Gasteiger partial charge in [0, 0.05) is 22.9 Å². The van der Waals surface area contributed by atoms with Gasteiger partial charge in [-0.15, -0.1) is 0 Å². The standard InChI is InChI=1S/C20H24BrF4NO4/c1-4-20(18(29)30)12(8-21)26-15(16(24)25)19(3,17(27)28)14(20)10-6-5-7-11(23)13(10)9(2)22/h5-7,9,12,14-16,26H,4,8H2,1-3H3,(H,27,28)(H,29,30). The Hall–Kier alpha value is -1.68. The zero-order chi connectivity index (χ0) is 23.0. The van der Waals surface area contributed by atoms with Gasteiger partial charge in [-0.1, -0.05) is 35.0 Å². The van der Waals surface area contributed by atoms with Crippen LogP contribution in [0.25, 0.3) is 0 Å². The molecule has 0 amide bonds. The Bertz CT molecular complexity index is 824.